The van der Waals surface area contributed by atoms with Gasteiger partial charge in [-0.15, -0.1) is 0 Å². The van der Waals surface area contributed by atoms with Crippen molar-refractivity contribution >= 4 is 6.29 Å². The smallest absolute Gasteiger partial charge is 0.126 e. The molecule has 0 atom stereocenters. The van der Waals surface area contributed by atoms with Crippen molar-refractivity contribution in [2.45, 2.75) is 25.7 Å². The van der Waals surface area contributed by atoms with E-state index in [1.807, 2.05) is 0 Å². The fourth-order valence-electron chi connectivity index (χ4n) is 1.63. The summed E-state index contributed by atoms with van der Waals surface area (Å²) in [5.41, 5.74) is 1.08. The lowest BCUT2D eigenvalue weighted by Crippen LogP contribution is -2.03. The molecule has 0 amide bonds. The van der Waals surface area contributed by atoms with E-state index in [0.29, 0.717) is 0 Å². The van der Waals surface area contributed by atoms with Crippen LogP contribution in [0.15, 0.2) is 24.3 Å². The van der Waals surface area contributed by atoms with Crippen molar-refractivity contribution in [3.05, 3.63) is 35.6 Å². The number of hydrogen-bond acceptors (Lipinski definition) is 1. The Labute approximate surface area is 82.9 Å². The number of halogens is 1. The van der Waals surface area contributed by atoms with Gasteiger partial charge in [0.15, 0.2) is 0 Å². The van der Waals surface area contributed by atoms with E-state index < -0.39 is 0 Å². The van der Waals surface area contributed by atoms with Crippen LogP contribution >= 0.6 is 0 Å². The molecule has 0 unspecified atom stereocenters. The van der Waals surface area contributed by atoms with Crippen LogP contribution < -0.4 is 0 Å². The predicted molar refractivity (Wildman–Crippen MR) is 52.5 cm³/mol. The summed E-state index contributed by atoms with van der Waals surface area (Å²) in [5, 5.41) is 0. The summed E-state index contributed by atoms with van der Waals surface area (Å²) in [4.78, 5) is 10.7. The number of aryl methyl sites for hydroxylation is 1. The second kappa shape index (κ2) is 3.52. The standard InChI is InChI=1S/C12H13FO/c13-11-3-1-10(2-4-11)5-6-12(9-14)7-8-12/h1-4,9H,5-8H2. The number of carbonyl (C=O) groups is 1. The highest BCUT2D eigenvalue weighted by molar-refractivity contribution is 5.63. The van der Waals surface area contributed by atoms with Crippen LogP contribution in [0.25, 0.3) is 0 Å². The van der Waals surface area contributed by atoms with Crippen LogP contribution in [-0.4, -0.2) is 6.29 Å². The van der Waals surface area contributed by atoms with Gasteiger partial charge in [-0.05, 0) is 43.4 Å². The number of benzene rings is 1. The lowest BCUT2D eigenvalue weighted by atomic mass is 9.98. The van der Waals surface area contributed by atoms with Gasteiger partial charge < -0.3 is 4.79 Å². The zero-order valence-corrected chi connectivity index (χ0v) is 8.00. The summed E-state index contributed by atoms with van der Waals surface area (Å²) in [5.74, 6) is -0.203. The zero-order chi connectivity index (χ0) is 10.0. The summed E-state index contributed by atoms with van der Waals surface area (Å²) in [7, 11) is 0. The Hall–Kier alpha value is -1.18. The Morgan fingerprint density at radius 3 is 2.43 bits per heavy atom. The van der Waals surface area contributed by atoms with Crippen LogP contribution in [-0.2, 0) is 11.2 Å². The van der Waals surface area contributed by atoms with E-state index in [-0.39, 0.29) is 11.2 Å². The van der Waals surface area contributed by atoms with Crippen molar-refractivity contribution in [1.82, 2.24) is 0 Å². The monoisotopic (exact) mass is 192 g/mol. The fourth-order valence-corrected chi connectivity index (χ4v) is 1.63. The predicted octanol–water partition coefficient (Wildman–Crippen LogP) is 2.74. The fraction of sp³-hybridized carbons (Fsp3) is 0.417. The third-order valence-corrected chi connectivity index (χ3v) is 2.97. The van der Waals surface area contributed by atoms with Crippen LogP contribution in [0.5, 0.6) is 0 Å². The molecular weight excluding hydrogens is 179 g/mol. The van der Waals surface area contributed by atoms with Gasteiger partial charge >= 0.3 is 0 Å². The van der Waals surface area contributed by atoms with Crippen LogP contribution in [0.2, 0.25) is 0 Å². The van der Waals surface area contributed by atoms with E-state index in [1.165, 1.54) is 12.1 Å². The molecule has 0 bridgehead atoms. The van der Waals surface area contributed by atoms with E-state index in [4.69, 9.17) is 0 Å². The van der Waals surface area contributed by atoms with Gasteiger partial charge in [0.05, 0.1) is 0 Å². The Balaban J connectivity index is 1.92. The molecule has 1 saturated carbocycles. The van der Waals surface area contributed by atoms with E-state index in [0.717, 1.165) is 37.5 Å². The molecule has 1 fully saturated rings. The molecule has 0 aliphatic heterocycles. The second-order valence-corrected chi connectivity index (χ2v) is 4.11. The molecule has 14 heavy (non-hydrogen) atoms. The van der Waals surface area contributed by atoms with Crippen LogP contribution in [0.4, 0.5) is 4.39 Å². The van der Waals surface area contributed by atoms with E-state index in [9.17, 15) is 9.18 Å². The minimum atomic E-state index is -0.203. The molecule has 1 aliphatic carbocycles. The van der Waals surface area contributed by atoms with Gasteiger partial charge in [0.1, 0.15) is 12.1 Å². The van der Waals surface area contributed by atoms with Gasteiger partial charge in [-0.25, -0.2) is 4.39 Å². The molecule has 1 nitrogen and oxygen atoms in total. The summed E-state index contributed by atoms with van der Waals surface area (Å²) >= 11 is 0. The minimum Gasteiger partial charge on any atom is -0.303 e. The van der Waals surface area contributed by atoms with Crippen molar-refractivity contribution in [1.29, 1.82) is 0 Å². The minimum absolute atomic E-state index is 0.0333. The first-order valence-electron chi connectivity index (χ1n) is 4.95. The maximum absolute atomic E-state index is 12.6. The van der Waals surface area contributed by atoms with Gasteiger partial charge in [-0.3, -0.25) is 0 Å². The average Bonchev–Trinajstić information content (AvgIpc) is 2.98. The Morgan fingerprint density at radius 1 is 1.29 bits per heavy atom. The molecule has 0 radical (unpaired) electrons. The molecule has 1 aliphatic rings. The molecule has 0 spiro atoms. The lowest BCUT2D eigenvalue weighted by molar-refractivity contribution is -0.112. The zero-order valence-electron chi connectivity index (χ0n) is 8.00. The maximum atomic E-state index is 12.6. The normalized spacial score (nSPS) is 17.8. The highest BCUT2D eigenvalue weighted by Gasteiger charge is 2.41. The van der Waals surface area contributed by atoms with Crippen molar-refractivity contribution < 1.29 is 9.18 Å². The highest BCUT2D eigenvalue weighted by atomic mass is 19.1. The molecule has 2 rings (SSSR count). The van der Waals surface area contributed by atoms with Gasteiger partial charge in [0, 0.05) is 5.41 Å². The van der Waals surface area contributed by atoms with Gasteiger partial charge in [-0.2, -0.15) is 0 Å². The second-order valence-electron chi connectivity index (χ2n) is 4.11. The summed E-state index contributed by atoms with van der Waals surface area (Å²) in [6, 6.07) is 6.51. The quantitative estimate of drug-likeness (QED) is 0.670. The Morgan fingerprint density at radius 2 is 1.93 bits per heavy atom. The molecule has 1 aromatic rings. The van der Waals surface area contributed by atoms with Crippen molar-refractivity contribution in [2.75, 3.05) is 0 Å². The molecule has 0 N–H and O–H groups in total. The van der Waals surface area contributed by atoms with Crippen LogP contribution in [0.1, 0.15) is 24.8 Å². The van der Waals surface area contributed by atoms with Crippen LogP contribution in [0, 0.1) is 11.2 Å². The highest BCUT2D eigenvalue weighted by Crippen LogP contribution is 2.47. The van der Waals surface area contributed by atoms with Gasteiger partial charge in [-0.1, -0.05) is 12.1 Å². The molecule has 2 heteroatoms. The van der Waals surface area contributed by atoms with Crippen molar-refractivity contribution in [3.8, 4) is 0 Å². The molecule has 0 saturated heterocycles. The molecule has 74 valence electrons. The molecular formula is C12H13FO. The largest absolute Gasteiger partial charge is 0.303 e. The topological polar surface area (TPSA) is 17.1 Å². The summed E-state index contributed by atoms with van der Waals surface area (Å²) in [6.45, 7) is 0. The molecule has 0 aromatic heterocycles. The number of rotatable bonds is 4. The third kappa shape index (κ3) is 2.00. The SMILES string of the molecule is O=CC1(CCc2ccc(F)cc2)CC1. The van der Waals surface area contributed by atoms with Crippen molar-refractivity contribution in [3.63, 3.8) is 0 Å². The number of aldehydes is 1. The van der Waals surface area contributed by atoms with E-state index in [2.05, 4.69) is 0 Å². The third-order valence-electron chi connectivity index (χ3n) is 2.97. The lowest BCUT2D eigenvalue weighted by Gasteiger charge is -2.06. The number of carbonyl (C=O) groups excluding carboxylic acids is 1. The van der Waals surface area contributed by atoms with Crippen molar-refractivity contribution in [2.24, 2.45) is 5.41 Å². The van der Waals surface area contributed by atoms with Gasteiger partial charge in [0.25, 0.3) is 0 Å². The first-order chi connectivity index (χ1) is 6.74. The average molecular weight is 192 g/mol. The first kappa shape index (κ1) is 9.38. The Bertz CT molecular complexity index is 325. The molecule has 0 heterocycles. The van der Waals surface area contributed by atoms with Crippen LogP contribution in [0.3, 0.4) is 0 Å². The maximum Gasteiger partial charge on any atom is 0.126 e. The first-order valence-corrected chi connectivity index (χ1v) is 4.95. The summed E-state index contributed by atoms with van der Waals surface area (Å²) in [6.07, 6.45) is 4.91. The number of hydrogen-bond donors (Lipinski definition) is 0. The van der Waals surface area contributed by atoms with E-state index >= 15 is 0 Å². The van der Waals surface area contributed by atoms with E-state index in [1.54, 1.807) is 12.1 Å². The molecule has 1 aromatic carbocycles. The summed E-state index contributed by atoms with van der Waals surface area (Å²) < 4.78 is 12.6. The Kier molecular flexibility index (Phi) is 2.36. The van der Waals surface area contributed by atoms with Gasteiger partial charge in [0.2, 0.25) is 0 Å².